The highest BCUT2D eigenvalue weighted by molar-refractivity contribution is 5.18. The van der Waals surface area contributed by atoms with E-state index in [1.807, 2.05) is 0 Å². The van der Waals surface area contributed by atoms with Crippen LogP contribution in [-0.2, 0) is 0 Å². The van der Waals surface area contributed by atoms with Gasteiger partial charge in [0.15, 0.2) is 0 Å². The summed E-state index contributed by atoms with van der Waals surface area (Å²) in [6.07, 6.45) is 6.84. The van der Waals surface area contributed by atoms with E-state index in [4.69, 9.17) is 0 Å². The molecule has 1 saturated carbocycles. The van der Waals surface area contributed by atoms with Gasteiger partial charge in [0.1, 0.15) is 0 Å². The van der Waals surface area contributed by atoms with Crippen LogP contribution in [0.2, 0.25) is 0 Å². The van der Waals surface area contributed by atoms with Gasteiger partial charge in [0.25, 0.3) is 0 Å². The largest absolute Gasteiger partial charge is 0.0995 e. The summed E-state index contributed by atoms with van der Waals surface area (Å²) >= 11 is 0. The monoisotopic (exact) mass is 123 g/mol. The second-order valence-corrected chi connectivity index (χ2v) is 2.94. The zero-order valence-electron chi connectivity index (χ0n) is 6.24. The van der Waals surface area contributed by atoms with Crippen molar-refractivity contribution < 1.29 is 0 Å². The van der Waals surface area contributed by atoms with Crippen LogP contribution in [0.5, 0.6) is 0 Å². The molecule has 0 saturated heterocycles. The van der Waals surface area contributed by atoms with E-state index in [9.17, 15) is 0 Å². The Morgan fingerprint density at radius 3 is 2.11 bits per heavy atom. The molecular weight excluding hydrogens is 108 g/mol. The first-order chi connectivity index (χ1) is 4.30. The number of hydrogen-bond donors (Lipinski definition) is 0. The van der Waals surface area contributed by atoms with E-state index in [0.717, 1.165) is 0 Å². The predicted molar refractivity (Wildman–Crippen MR) is 41.1 cm³/mol. The van der Waals surface area contributed by atoms with Crippen molar-refractivity contribution in [1.82, 2.24) is 0 Å². The lowest BCUT2D eigenvalue weighted by Gasteiger charge is -2.20. The van der Waals surface area contributed by atoms with Gasteiger partial charge in [-0.05, 0) is 25.7 Å². The van der Waals surface area contributed by atoms with Crippen molar-refractivity contribution in [3.63, 3.8) is 0 Å². The van der Waals surface area contributed by atoms with Crippen LogP contribution in [0.25, 0.3) is 0 Å². The lowest BCUT2D eigenvalue weighted by Crippen LogP contribution is -2.03. The molecule has 1 fully saturated rings. The zero-order chi connectivity index (χ0) is 6.69. The molecule has 9 heavy (non-hydrogen) atoms. The number of rotatable bonds is 1. The summed E-state index contributed by atoms with van der Waals surface area (Å²) in [7, 11) is 0. The van der Waals surface area contributed by atoms with Crippen molar-refractivity contribution in [1.29, 1.82) is 0 Å². The quantitative estimate of drug-likeness (QED) is 0.502. The van der Waals surface area contributed by atoms with Crippen molar-refractivity contribution in [2.24, 2.45) is 0 Å². The second kappa shape index (κ2) is 3.05. The van der Waals surface area contributed by atoms with Crippen LogP contribution in [-0.4, -0.2) is 0 Å². The van der Waals surface area contributed by atoms with Gasteiger partial charge < -0.3 is 0 Å². The van der Waals surface area contributed by atoms with Crippen molar-refractivity contribution in [3.05, 3.63) is 18.1 Å². The fourth-order valence-electron chi connectivity index (χ4n) is 1.41. The Balaban J connectivity index is 2.31. The van der Waals surface area contributed by atoms with Crippen LogP contribution >= 0.6 is 0 Å². The second-order valence-electron chi connectivity index (χ2n) is 2.94. The molecule has 0 atom stereocenters. The Morgan fingerprint density at radius 2 is 1.78 bits per heavy atom. The van der Waals surface area contributed by atoms with Gasteiger partial charge in [-0.3, -0.25) is 0 Å². The van der Waals surface area contributed by atoms with Crippen molar-refractivity contribution >= 4 is 0 Å². The molecule has 1 rings (SSSR count). The molecule has 1 radical (unpaired) electrons. The average Bonchev–Trinajstić information content (AvgIpc) is 1.90. The highest BCUT2D eigenvalue weighted by Crippen LogP contribution is 2.30. The molecule has 0 amide bonds. The fraction of sp³-hybridized carbons (Fsp3) is 0.667. The van der Waals surface area contributed by atoms with E-state index >= 15 is 0 Å². The molecule has 0 N–H and O–H groups in total. The number of allylic oxidation sites excluding steroid dienone is 1. The lowest BCUT2D eigenvalue weighted by molar-refractivity contribution is 0.548. The maximum atomic E-state index is 3.94. The fourth-order valence-corrected chi connectivity index (χ4v) is 1.41. The summed E-state index contributed by atoms with van der Waals surface area (Å²) < 4.78 is 0. The van der Waals surface area contributed by atoms with Gasteiger partial charge in [-0.15, -0.1) is 0 Å². The third-order valence-electron chi connectivity index (χ3n) is 2.06. The molecule has 0 bridgehead atoms. The van der Waals surface area contributed by atoms with Gasteiger partial charge in [0.2, 0.25) is 0 Å². The summed E-state index contributed by atoms with van der Waals surface area (Å²) in [5.74, 6) is 1.61. The van der Waals surface area contributed by atoms with Gasteiger partial charge in [-0.1, -0.05) is 31.4 Å². The minimum atomic E-state index is 1.31. The standard InChI is InChI=1S/C9H15/c1-8(2)9-6-4-3-5-7-9/h1,3-7H2,2H3. The van der Waals surface area contributed by atoms with Gasteiger partial charge in [0.05, 0.1) is 0 Å². The molecule has 0 heteroatoms. The Morgan fingerprint density at radius 1 is 1.22 bits per heavy atom. The van der Waals surface area contributed by atoms with Crippen LogP contribution in [0.1, 0.15) is 39.0 Å². The van der Waals surface area contributed by atoms with Gasteiger partial charge in [-0.25, -0.2) is 0 Å². The molecule has 0 aliphatic heterocycles. The molecule has 0 aromatic heterocycles. The third kappa shape index (κ3) is 1.85. The minimum Gasteiger partial charge on any atom is -0.0995 e. The molecule has 0 spiro atoms. The van der Waals surface area contributed by atoms with Gasteiger partial charge in [-0.2, -0.15) is 0 Å². The highest BCUT2D eigenvalue weighted by Gasteiger charge is 2.13. The summed E-state index contributed by atoms with van der Waals surface area (Å²) in [4.78, 5) is 0. The maximum absolute atomic E-state index is 3.94. The van der Waals surface area contributed by atoms with E-state index in [2.05, 4.69) is 13.5 Å². The maximum Gasteiger partial charge on any atom is -0.0000194 e. The smallest absolute Gasteiger partial charge is 0.0000194 e. The molecule has 51 valence electrons. The molecule has 1 aliphatic rings. The molecule has 0 unspecified atom stereocenters. The molecule has 0 heterocycles. The van der Waals surface area contributed by atoms with E-state index < -0.39 is 0 Å². The summed E-state index contributed by atoms with van der Waals surface area (Å²) in [5, 5.41) is 0. The minimum absolute atomic E-state index is 1.31. The normalized spacial score (nSPS) is 21.9. The van der Waals surface area contributed by atoms with Crippen LogP contribution < -0.4 is 0 Å². The molecule has 0 aromatic carbocycles. The predicted octanol–water partition coefficient (Wildman–Crippen LogP) is 3.10. The van der Waals surface area contributed by atoms with E-state index in [1.54, 1.807) is 5.92 Å². The topological polar surface area (TPSA) is 0 Å². The van der Waals surface area contributed by atoms with Crippen LogP contribution in [0.3, 0.4) is 0 Å². The Kier molecular flexibility index (Phi) is 2.32. The Labute approximate surface area is 58.0 Å². The first kappa shape index (κ1) is 6.85. The highest BCUT2D eigenvalue weighted by atomic mass is 14.2. The first-order valence-electron chi connectivity index (χ1n) is 3.81. The third-order valence-corrected chi connectivity index (χ3v) is 2.06. The molecule has 0 nitrogen and oxygen atoms in total. The number of hydrogen-bond acceptors (Lipinski definition) is 0. The zero-order valence-corrected chi connectivity index (χ0v) is 6.24. The molecular formula is C9H15. The molecule has 0 aromatic rings. The summed E-state index contributed by atoms with van der Waals surface area (Å²) in [6.45, 7) is 6.07. The van der Waals surface area contributed by atoms with Crippen molar-refractivity contribution in [2.45, 2.75) is 39.0 Å². The van der Waals surface area contributed by atoms with E-state index in [-0.39, 0.29) is 0 Å². The Bertz CT molecular complexity index is 96.6. The lowest BCUT2D eigenvalue weighted by atomic mass is 9.85. The van der Waals surface area contributed by atoms with E-state index in [1.165, 1.54) is 37.7 Å². The van der Waals surface area contributed by atoms with Crippen molar-refractivity contribution in [2.75, 3.05) is 0 Å². The summed E-state index contributed by atoms with van der Waals surface area (Å²) in [6, 6.07) is 0. The first-order valence-corrected chi connectivity index (χ1v) is 3.81. The van der Waals surface area contributed by atoms with Gasteiger partial charge in [0, 0.05) is 0 Å². The molecule has 1 aliphatic carbocycles. The Hall–Kier alpha value is -0.260. The van der Waals surface area contributed by atoms with Crippen molar-refractivity contribution in [3.8, 4) is 0 Å². The van der Waals surface area contributed by atoms with Gasteiger partial charge >= 0.3 is 0 Å². The van der Waals surface area contributed by atoms with E-state index in [0.29, 0.717) is 0 Å². The van der Waals surface area contributed by atoms with Crippen LogP contribution in [0.15, 0.2) is 12.2 Å². The SMILES string of the molecule is C=C(C)[C]1CCCCC1. The average molecular weight is 123 g/mol. The van der Waals surface area contributed by atoms with Crippen LogP contribution in [0, 0.1) is 5.92 Å². The van der Waals surface area contributed by atoms with Crippen LogP contribution in [0.4, 0.5) is 0 Å². The summed E-state index contributed by atoms with van der Waals surface area (Å²) in [5.41, 5.74) is 1.31.